The molecular weight excluding hydrogens is 314 g/mol. The van der Waals surface area contributed by atoms with Gasteiger partial charge in [-0.1, -0.05) is 37.5 Å². The number of benzene rings is 1. The second-order valence-corrected chi connectivity index (χ2v) is 6.80. The predicted molar refractivity (Wildman–Crippen MR) is 99.3 cm³/mol. The topological polar surface area (TPSA) is 57.5 Å². The third-order valence-corrected chi connectivity index (χ3v) is 4.92. The summed E-state index contributed by atoms with van der Waals surface area (Å²) in [5, 5.41) is 5.83. The van der Waals surface area contributed by atoms with Crippen LogP contribution < -0.4 is 10.6 Å². The number of furan rings is 1. The van der Waals surface area contributed by atoms with Crippen LogP contribution >= 0.6 is 0 Å². The first kappa shape index (κ1) is 17.5. The average molecular weight is 341 g/mol. The maximum Gasteiger partial charge on any atom is 0.319 e. The third kappa shape index (κ3) is 5.10. The van der Waals surface area contributed by atoms with Gasteiger partial charge in [0.1, 0.15) is 0 Å². The molecule has 1 aromatic carbocycles. The van der Waals surface area contributed by atoms with Crippen LogP contribution in [0, 0.1) is 0 Å². The van der Waals surface area contributed by atoms with Gasteiger partial charge < -0.3 is 15.1 Å². The highest BCUT2D eigenvalue weighted by Gasteiger charge is 2.19. The van der Waals surface area contributed by atoms with Crippen LogP contribution in [-0.2, 0) is 13.1 Å². The molecule has 0 aliphatic heterocycles. The largest absolute Gasteiger partial charge is 0.472 e. The lowest BCUT2D eigenvalue weighted by Gasteiger charge is -2.31. The van der Waals surface area contributed by atoms with Gasteiger partial charge in [-0.15, -0.1) is 0 Å². The summed E-state index contributed by atoms with van der Waals surface area (Å²) in [5.74, 6) is 0. The van der Waals surface area contributed by atoms with E-state index in [4.69, 9.17) is 4.42 Å². The number of nitrogens with zero attached hydrogens (tertiary/aromatic N) is 1. The Balaban J connectivity index is 1.57. The molecule has 1 heterocycles. The van der Waals surface area contributed by atoms with Crippen LogP contribution in [0.4, 0.5) is 10.5 Å². The highest BCUT2D eigenvalue weighted by Crippen LogP contribution is 2.24. The van der Waals surface area contributed by atoms with E-state index in [9.17, 15) is 4.79 Å². The minimum Gasteiger partial charge on any atom is -0.472 e. The van der Waals surface area contributed by atoms with Crippen LogP contribution in [0.15, 0.2) is 47.3 Å². The number of rotatable bonds is 6. The molecule has 1 aliphatic carbocycles. The first-order valence-corrected chi connectivity index (χ1v) is 9.06. The van der Waals surface area contributed by atoms with Gasteiger partial charge in [-0.05, 0) is 37.6 Å². The van der Waals surface area contributed by atoms with Crippen LogP contribution in [0.2, 0.25) is 0 Å². The summed E-state index contributed by atoms with van der Waals surface area (Å²) in [6, 6.07) is 10.3. The number of para-hydroxylation sites is 1. The highest BCUT2D eigenvalue weighted by molar-refractivity contribution is 5.90. The van der Waals surface area contributed by atoms with E-state index < -0.39 is 0 Å². The molecule has 0 bridgehead atoms. The Hall–Kier alpha value is -2.27. The number of urea groups is 1. The molecule has 1 aromatic heterocycles. The fourth-order valence-corrected chi connectivity index (χ4v) is 3.44. The van der Waals surface area contributed by atoms with Crippen LogP contribution in [0.3, 0.4) is 0 Å². The normalized spacial score (nSPS) is 15.3. The zero-order chi connectivity index (χ0) is 17.5. The van der Waals surface area contributed by atoms with E-state index in [2.05, 4.69) is 28.6 Å². The number of hydrogen-bond acceptors (Lipinski definition) is 3. The van der Waals surface area contributed by atoms with Gasteiger partial charge in [-0.25, -0.2) is 4.79 Å². The van der Waals surface area contributed by atoms with Crippen molar-refractivity contribution in [3.63, 3.8) is 0 Å². The van der Waals surface area contributed by atoms with E-state index in [-0.39, 0.29) is 6.03 Å². The molecule has 0 atom stereocenters. The molecule has 134 valence electrons. The Labute approximate surface area is 149 Å². The molecule has 0 radical (unpaired) electrons. The number of carbonyl (C=O) groups excluding carboxylic acids is 1. The number of hydrogen-bond donors (Lipinski definition) is 2. The summed E-state index contributed by atoms with van der Waals surface area (Å²) in [7, 11) is 2.19. The summed E-state index contributed by atoms with van der Waals surface area (Å²) >= 11 is 0. The second-order valence-electron chi connectivity index (χ2n) is 6.80. The van der Waals surface area contributed by atoms with E-state index in [0.717, 1.165) is 23.4 Å². The first-order chi connectivity index (χ1) is 12.2. The monoisotopic (exact) mass is 341 g/mol. The van der Waals surface area contributed by atoms with Gasteiger partial charge in [0.2, 0.25) is 0 Å². The fraction of sp³-hybridized carbons (Fsp3) is 0.450. The van der Waals surface area contributed by atoms with Gasteiger partial charge in [-0.2, -0.15) is 0 Å². The van der Waals surface area contributed by atoms with Crippen LogP contribution in [0.1, 0.15) is 43.2 Å². The molecule has 0 saturated heterocycles. The lowest BCUT2D eigenvalue weighted by molar-refractivity contribution is 0.185. The Morgan fingerprint density at radius 2 is 2.00 bits per heavy atom. The minimum atomic E-state index is -0.200. The van der Waals surface area contributed by atoms with Crippen LogP contribution in [0.25, 0.3) is 0 Å². The van der Waals surface area contributed by atoms with E-state index in [0.29, 0.717) is 12.6 Å². The first-order valence-electron chi connectivity index (χ1n) is 9.06. The molecule has 1 aliphatic rings. The van der Waals surface area contributed by atoms with Gasteiger partial charge in [-0.3, -0.25) is 4.90 Å². The smallest absolute Gasteiger partial charge is 0.319 e. The molecule has 5 heteroatoms. The fourth-order valence-electron chi connectivity index (χ4n) is 3.44. The van der Waals surface area contributed by atoms with Crippen molar-refractivity contribution in [3.05, 3.63) is 54.0 Å². The van der Waals surface area contributed by atoms with Gasteiger partial charge in [0.05, 0.1) is 12.5 Å². The third-order valence-electron chi connectivity index (χ3n) is 4.92. The molecule has 2 amide bonds. The lowest BCUT2D eigenvalue weighted by atomic mass is 9.94. The van der Waals surface area contributed by atoms with E-state index in [1.807, 2.05) is 24.3 Å². The Bertz CT molecular complexity index is 663. The predicted octanol–water partition coefficient (Wildman–Crippen LogP) is 4.37. The number of nitrogens with one attached hydrogen (secondary N) is 2. The quantitative estimate of drug-likeness (QED) is 0.820. The van der Waals surface area contributed by atoms with E-state index in [1.165, 1.54) is 32.1 Å². The van der Waals surface area contributed by atoms with E-state index >= 15 is 0 Å². The van der Waals surface area contributed by atoms with Gasteiger partial charge in [0, 0.05) is 30.4 Å². The van der Waals surface area contributed by atoms with Gasteiger partial charge in [0.15, 0.2) is 0 Å². The van der Waals surface area contributed by atoms with Gasteiger partial charge in [0.25, 0.3) is 0 Å². The van der Waals surface area contributed by atoms with Crippen molar-refractivity contribution < 1.29 is 9.21 Å². The zero-order valence-electron chi connectivity index (χ0n) is 14.8. The van der Waals surface area contributed by atoms with Crippen molar-refractivity contribution >= 4 is 11.7 Å². The summed E-state index contributed by atoms with van der Waals surface area (Å²) in [5.41, 5.74) is 2.96. The molecule has 2 aromatic rings. The number of carbonyl (C=O) groups is 1. The molecule has 1 saturated carbocycles. The zero-order valence-corrected chi connectivity index (χ0v) is 14.8. The van der Waals surface area contributed by atoms with Crippen LogP contribution in [0.5, 0.6) is 0 Å². The highest BCUT2D eigenvalue weighted by atomic mass is 16.3. The summed E-state index contributed by atoms with van der Waals surface area (Å²) < 4.78 is 5.01. The van der Waals surface area contributed by atoms with Crippen molar-refractivity contribution in [1.29, 1.82) is 0 Å². The van der Waals surface area contributed by atoms with Crippen LogP contribution in [-0.4, -0.2) is 24.0 Å². The summed E-state index contributed by atoms with van der Waals surface area (Å²) in [4.78, 5) is 14.6. The Morgan fingerprint density at radius 1 is 1.20 bits per heavy atom. The van der Waals surface area contributed by atoms with Crippen molar-refractivity contribution in [2.45, 2.75) is 51.2 Å². The summed E-state index contributed by atoms with van der Waals surface area (Å²) in [6.07, 6.45) is 9.79. The second kappa shape index (κ2) is 8.72. The SMILES string of the molecule is CN(Cc1ccccc1NC(=O)NCc1ccoc1)C1CCCCC1. The van der Waals surface area contributed by atoms with Crippen molar-refractivity contribution in [2.75, 3.05) is 12.4 Å². The summed E-state index contributed by atoms with van der Waals surface area (Å²) in [6.45, 7) is 1.30. The van der Waals surface area contributed by atoms with Crippen molar-refractivity contribution in [3.8, 4) is 0 Å². The number of amides is 2. The maximum absolute atomic E-state index is 12.2. The van der Waals surface area contributed by atoms with Crippen molar-refractivity contribution in [2.24, 2.45) is 0 Å². The van der Waals surface area contributed by atoms with Crippen molar-refractivity contribution in [1.82, 2.24) is 10.2 Å². The molecular formula is C20H27N3O2. The minimum absolute atomic E-state index is 0.200. The number of anilines is 1. The lowest BCUT2D eigenvalue weighted by Crippen LogP contribution is -2.33. The molecule has 3 rings (SSSR count). The Kier molecular flexibility index (Phi) is 6.12. The van der Waals surface area contributed by atoms with E-state index in [1.54, 1.807) is 12.5 Å². The maximum atomic E-state index is 12.2. The molecule has 0 spiro atoms. The average Bonchev–Trinajstić information content (AvgIpc) is 3.16. The molecule has 5 nitrogen and oxygen atoms in total. The van der Waals surface area contributed by atoms with Gasteiger partial charge >= 0.3 is 6.03 Å². The molecule has 2 N–H and O–H groups in total. The molecule has 25 heavy (non-hydrogen) atoms. The Morgan fingerprint density at radius 3 is 2.76 bits per heavy atom. The molecule has 0 unspecified atom stereocenters. The molecule has 1 fully saturated rings. The standard InChI is InChI=1S/C20H27N3O2/c1-23(18-8-3-2-4-9-18)14-17-7-5-6-10-19(17)22-20(24)21-13-16-11-12-25-15-16/h5-7,10-12,15,18H,2-4,8-9,13-14H2,1H3,(H2,21,22,24).